The van der Waals surface area contributed by atoms with Gasteiger partial charge in [-0.3, -0.25) is 19.7 Å². The first kappa shape index (κ1) is 17.1. The fourth-order valence-electron chi connectivity index (χ4n) is 2.16. The molecule has 0 fully saturated rings. The molecule has 0 atom stereocenters. The quantitative estimate of drug-likeness (QED) is 0.499. The fourth-order valence-corrected chi connectivity index (χ4v) is 2.16. The molecule has 24 heavy (non-hydrogen) atoms. The molecule has 2 aromatic rings. The highest BCUT2D eigenvalue weighted by Gasteiger charge is 2.17. The third-order valence-electron chi connectivity index (χ3n) is 3.33. The van der Waals surface area contributed by atoms with Crippen molar-refractivity contribution in [2.24, 2.45) is 0 Å². The van der Waals surface area contributed by atoms with Crippen molar-refractivity contribution in [1.29, 1.82) is 0 Å². The molecule has 1 N–H and O–H groups in total. The number of anilines is 1. The fraction of sp³-hybridized carbons (Fsp3) is 0.176. The Balaban J connectivity index is 2.06. The molecule has 2 rings (SSSR count). The maximum absolute atomic E-state index is 12.0. The van der Waals surface area contributed by atoms with E-state index in [0.29, 0.717) is 12.0 Å². The SMILES string of the molecule is Cc1ccc(NC(=O)COc2ccc(C=O)cc2[N+](=O)[O-])c(C)c1. The van der Waals surface area contributed by atoms with Crippen LogP contribution in [0.4, 0.5) is 11.4 Å². The van der Waals surface area contributed by atoms with Gasteiger partial charge in [-0.2, -0.15) is 0 Å². The van der Waals surface area contributed by atoms with Crippen LogP contribution >= 0.6 is 0 Å². The molecule has 7 nitrogen and oxygen atoms in total. The van der Waals surface area contributed by atoms with Crippen LogP contribution in [0.1, 0.15) is 21.5 Å². The van der Waals surface area contributed by atoms with E-state index in [0.717, 1.165) is 17.2 Å². The number of benzene rings is 2. The second kappa shape index (κ2) is 7.36. The van der Waals surface area contributed by atoms with Crippen LogP contribution in [0.3, 0.4) is 0 Å². The summed E-state index contributed by atoms with van der Waals surface area (Å²) < 4.78 is 5.23. The number of rotatable bonds is 6. The summed E-state index contributed by atoms with van der Waals surface area (Å²) in [7, 11) is 0. The summed E-state index contributed by atoms with van der Waals surface area (Å²) >= 11 is 0. The molecule has 0 saturated heterocycles. The number of hydrogen-bond donors (Lipinski definition) is 1. The molecule has 0 aliphatic heterocycles. The average molecular weight is 328 g/mol. The number of amides is 1. The highest BCUT2D eigenvalue weighted by Crippen LogP contribution is 2.27. The largest absolute Gasteiger partial charge is 0.477 e. The van der Waals surface area contributed by atoms with Gasteiger partial charge in [-0.25, -0.2) is 0 Å². The molecule has 0 aliphatic rings. The first-order valence-electron chi connectivity index (χ1n) is 7.14. The Labute approximate surface area is 138 Å². The second-order valence-corrected chi connectivity index (χ2v) is 5.26. The predicted molar refractivity (Wildman–Crippen MR) is 88.5 cm³/mol. The molecule has 0 saturated carbocycles. The minimum atomic E-state index is -0.662. The summed E-state index contributed by atoms with van der Waals surface area (Å²) in [4.78, 5) is 33.0. The lowest BCUT2D eigenvalue weighted by Crippen LogP contribution is -2.21. The molecule has 0 spiro atoms. The van der Waals surface area contributed by atoms with Crippen molar-refractivity contribution >= 4 is 23.6 Å². The lowest BCUT2D eigenvalue weighted by molar-refractivity contribution is -0.385. The number of carbonyl (C=O) groups is 2. The van der Waals surface area contributed by atoms with Gasteiger partial charge in [-0.05, 0) is 37.6 Å². The van der Waals surface area contributed by atoms with Crippen LogP contribution in [-0.2, 0) is 4.79 Å². The summed E-state index contributed by atoms with van der Waals surface area (Å²) in [6.45, 7) is 3.44. The third-order valence-corrected chi connectivity index (χ3v) is 3.33. The highest BCUT2D eigenvalue weighted by molar-refractivity contribution is 5.92. The first-order valence-corrected chi connectivity index (χ1v) is 7.14. The zero-order chi connectivity index (χ0) is 17.7. The standard InChI is InChI=1S/C17H16N2O5/c1-11-3-5-14(12(2)7-11)18-17(21)10-24-16-6-4-13(9-20)8-15(16)19(22)23/h3-9H,10H2,1-2H3,(H,18,21). The van der Waals surface area contributed by atoms with E-state index in [2.05, 4.69) is 5.32 Å². The van der Waals surface area contributed by atoms with E-state index < -0.39 is 10.8 Å². The normalized spacial score (nSPS) is 10.1. The van der Waals surface area contributed by atoms with Crippen LogP contribution in [0.2, 0.25) is 0 Å². The van der Waals surface area contributed by atoms with Crippen molar-refractivity contribution in [3.05, 3.63) is 63.2 Å². The predicted octanol–water partition coefficient (Wildman–Crippen LogP) is 3.04. The lowest BCUT2D eigenvalue weighted by Gasteiger charge is -2.10. The number of nitrogens with one attached hydrogen (secondary N) is 1. The molecule has 0 unspecified atom stereocenters. The van der Waals surface area contributed by atoms with Crippen LogP contribution in [0, 0.1) is 24.0 Å². The van der Waals surface area contributed by atoms with Crippen LogP contribution in [0.25, 0.3) is 0 Å². The molecule has 0 radical (unpaired) electrons. The number of nitro benzene ring substituents is 1. The van der Waals surface area contributed by atoms with Crippen molar-refractivity contribution < 1.29 is 19.2 Å². The van der Waals surface area contributed by atoms with Crippen molar-refractivity contribution in [2.75, 3.05) is 11.9 Å². The number of aldehydes is 1. The van der Waals surface area contributed by atoms with Gasteiger partial charge in [0, 0.05) is 17.3 Å². The van der Waals surface area contributed by atoms with Gasteiger partial charge >= 0.3 is 5.69 Å². The van der Waals surface area contributed by atoms with Crippen molar-refractivity contribution in [3.63, 3.8) is 0 Å². The van der Waals surface area contributed by atoms with E-state index in [9.17, 15) is 19.7 Å². The van der Waals surface area contributed by atoms with Crippen molar-refractivity contribution in [3.8, 4) is 5.75 Å². The van der Waals surface area contributed by atoms with Gasteiger partial charge in [0.05, 0.1) is 4.92 Å². The molecule has 1 amide bonds. The number of carbonyl (C=O) groups excluding carboxylic acids is 2. The third kappa shape index (κ3) is 4.16. The zero-order valence-corrected chi connectivity index (χ0v) is 13.2. The molecule has 0 aliphatic carbocycles. The van der Waals surface area contributed by atoms with Crippen LogP contribution in [0.15, 0.2) is 36.4 Å². The zero-order valence-electron chi connectivity index (χ0n) is 13.2. The summed E-state index contributed by atoms with van der Waals surface area (Å²) in [5.41, 5.74) is 2.44. The van der Waals surface area contributed by atoms with Crippen molar-refractivity contribution in [2.45, 2.75) is 13.8 Å². The topological polar surface area (TPSA) is 98.5 Å². The van der Waals surface area contributed by atoms with E-state index >= 15 is 0 Å². The summed E-state index contributed by atoms with van der Waals surface area (Å²) in [6, 6.07) is 9.36. The molecule has 0 heterocycles. The van der Waals surface area contributed by atoms with E-state index in [1.54, 1.807) is 6.07 Å². The summed E-state index contributed by atoms with van der Waals surface area (Å²) in [6.07, 6.45) is 0.504. The summed E-state index contributed by atoms with van der Waals surface area (Å²) in [5, 5.41) is 13.7. The Morgan fingerprint density at radius 1 is 1.25 bits per heavy atom. The van der Waals surface area contributed by atoms with Gasteiger partial charge in [-0.15, -0.1) is 0 Å². The molecular formula is C17H16N2O5. The van der Waals surface area contributed by atoms with Crippen LogP contribution < -0.4 is 10.1 Å². The van der Waals surface area contributed by atoms with Crippen LogP contribution in [0.5, 0.6) is 5.75 Å². The Hall–Kier alpha value is -3.22. The van der Waals surface area contributed by atoms with Gasteiger partial charge < -0.3 is 10.1 Å². The van der Waals surface area contributed by atoms with E-state index in [1.165, 1.54) is 12.1 Å². The van der Waals surface area contributed by atoms with Gasteiger partial charge in [0.1, 0.15) is 6.29 Å². The summed E-state index contributed by atoms with van der Waals surface area (Å²) in [5.74, 6) is -0.503. The number of nitrogens with zero attached hydrogens (tertiary/aromatic N) is 1. The molecule has 124 valence electrons. The van der Waals surface area contributed by atoms with E-state index in [-0.39, 0.29) is 23.6 Å². The number of aryl methyl sites for hydroxylation is 2. The second-order valence-electron chi connectivity index (χ2n) is 5.26. The van der Waals surface area contributed by atoms with Gasteiger partial charge in [-0.1, -0.05) is 17.7 Å². The molecule has 2 aromatic carbocycles. The Bertz CT molecular complexity index is 802. The minimum absolute atomic E-state index is 0.0682. The number of hydrogen-bond acceptors (Lipinski definition) is 5. The van der Waals surface area contributed by atoms with E-state index in [1.807, 2.05) is 26.0 Å². The smallest absolute Gasteiger partial charge is 0.311 e. The van der Waals surface area contributed by atoms with Gasteiger partial charge in [0.2, 0.25) is 0 Å². The van der Waals surface area contributed by atoms with Gasteiger partial charge in [0.25, 0.3) is 5.91 Å². The van der Waals surface area contributed by atoms with Gasteiger partial charge in [0.15, 0.2) is 12.4 Å². The monoisotopic (exact) mass is 328 g/mol. The molecular weight excluding hydrogens is 312 g/mol. The van der Waals surface area contributed by atoms with Crippen LogP contribution in [-0.4, -0.2) is 23.7 Å². The lowest BCUT2D eigenvalue weighted by atomic mass is 10.1. The number of ether oxygens (including phenoxy) is 1. The van der Waals surface area contributed by atoms with Crippen molar-refractivity contribution in [1.82, 2.24) is 0 Å². The minimum Gasteiger partial charge on any atom is -0.477 e. The molecule has 0 aromatic heterocycles. The first-order chi connectivity index (χ1) is 11.4. The molecule has 0 bridgehead atoms. The van der Waals surface area contributed by atoms with E-state index in [4.69, 9.17) is 4.74 Å². The Kier molecular flexibility index (Phi) is 5.26. The highest BCUT2D eigenvalue weighted by atomic mass is 16.6. The average Bonchev–Trinajstić information content (AvgIpc) is 2.55. The number of nitro groups is 1. The molecule has 7 heteroatoms. The Morgan fingerprint density at radius 2 is 2.00 bits per heavy atom. The Morgan fingerprint density at radius 3 is 2.62 bits per heavy atom. The maximum Gasteiger partial charge on any atom is 0.311 e. The maximum atomic E-state index is 12.0.